The van der Waals surface area contributed by atoms with E-state index in [2.05, 4.69) is 4.98 Å². The fourth-order valence-electron chi connectivity index (χ4n) is 3.02. The van der Waals surface area contributed by atoms with Crippen molar-refractivity contribution in [2.24, 2.45) is 5.41 Å². The monoisotopic (exact) mass is 282 g/mol. The average Bonchev–Trinajstić information content (AvgIpc) is 3.17. The molecule has 3 rings (SSSR count). The summed E-state index contributed by atoms with van der Waals surface area (Å²) < 4.78 is 6.99. The molecule has 0 amide bonds. The van der Waals surface area contributed by atoms with E-state index in [0.717, 1.165) is 12.8 Å². The maximum atomic E-state index is 12.0. The number of rotatable bonds is 3. The number of aliphatic hydroxyl groups excluding tert-OH is 2. The molecule has 1 saturated carbocycles. The number of nitrogens with one attached hydrogen (secondary N) is 1. The molecule has 3 unspecified atom stereocenters. The average molecular weight is 282 g/mol. The van der Waals surface area contributed by atoms with Crippen molar-refractivity contribution >= 4 is 0 Å². The third kappa shape index (κ3) is 1.77. The number of hydrogen-bond acceptors (Lipinski definition) is 5. The van der Waals surface area contributed by atoms with Crippen LogP contribution in [0.15, 0.2) is 15.8 Å². The van der Waals surface area contributed by atoms with Gasteiger partial charge in [0.15, 0.2) is 0 Å². The van der Waals surface area contributed by atoms with Crippen LogP contribution in [0.1, 0.15) is 31.6 Å². The summed E-state index contributed by atoms with van der Waals surface area (Å²) in [6.45, 7) is 1.53. The minimum absolute atomic E-state index is 0.293. The lowest BCUT2D eigenvalue weighted by Crippen LogP contribution is -2.37. The highest BCUT2D eigenvalue weighted by Gasteiger charge is 2.64. The molecule has 7 nitrogen and oxygen atoms in total. The number of hydrogen-bond donors (Lipinski definition) is 3. The lowest BCUT2D eigenvalue weighted by Gasteiger charge is -2.21. The van der Waals surface area contributed by atoms with Crippen molar-refractivity contribution < 1.29 is 14.9 Å². The van der Waals surface area contributed by atoms with Crippen LogP contribution in [0.25, 0.3) is 0 Å². The fraction of sp³-hybridized carbons (Fsp3) is 0.692. The zero-order valence-electron chi connectivity index (χ0n) is 11.2. The summed E-state index contributed by atoms with van der Waals surface area (Å²) >= 11 is 0. The highest BCUT2D eigenvalue weighted by atomic mass is 16.5. The minimum atomic E-state index is -0.790. The molecule has 1 spiro atoms. The van der Waals surface area contributed by atoms with E-state index < -0.39 is 35.1 Å². The van der Waals surface area contributed by atoms with Gasteiger partial charge in [-0.15, -0.1) is 0 Å². The van der Waals surface area contributed by atoms with Gasteiger partial charge in [-0.25, -0.2) is 4.79 Å². The van der Waals surface area contributed by atoms with Gasteiger partial charge in [-0.2, -0.15) is 0 Å². The van der Waals surface area contributed by atoms with Gasteiger partial charge >= 0.3 is 5.69 Å². The molecule has 1 aromatic heterocycles. The second kappa shape index (κ2) is 4.54. The van der Waals surface area contributed by atoms with Crippen molar-refractivity contribution in [3.8, 4) is 0 Å². The molecule has 1 saturated heterocycles. The van der Waals surface area contributed by atoms with Crippen molar-refractivity contribution in [3.05, 3.63) is 32.6 Å². The van der Waals surface area contributed by atoms with Crippen molar-refractivity contribution in [2.75, 3.05) is 6.61 Å². The zero-order chi connectivity index (χ0) is 14.5. The number of aromatic amines is 1. The van der Waals surface area contributed by atoms with Gasteiger partial charge in [0.1, 0.15) is 12.3 Å². The SMILES string of the molecule is CCc1cn(C2OC(CO)C(O)C23CC3)c(=O)[nH]c1=O. The molecule has 0 aromatic carbocycles. The first kappa shape index (κ1) is 13.5. The number of H-pyrrole nitrogens is 1. The Kier molecular flexibility index (Phi) is 3.07. The van der Waals surface area contributed by atoms with Crippen LogP contribution in [-0.4, -0.2) is 38.6 Å². The second-order valence-electron chi connectivity index (χ2n) is 5.56. The molecule has 1 aliphatic carbocycles. The number of aliphatic hydroxyl groups is 2. The molecule has 20 heavy (non-hydrogen) atoms. The first-order valence-corrected chi connectivity index (χ1v) is 6.82. The van der Waals surface area contributed by atoms with E-state index in [0.29, 0.717) is 12.0 Å². The normalized spacial score (nSPS) is 30.9. The van der Waals surface area contributed by atoms with Gasteiger partial charge in [-0.3, -0.25) is 14.3 Å². The van der Waals surface area contributed by atoms with Crippen molar-refractivity contribution in [3.63, 3.8) is 0 Å². The molecule has 1 aliphatic heterocycles. The largest absolute Gasteiger partial charge is 0.394 e. The predicted molar refractivity (Wildman–Crippen MR) is 69.4 cm³/mol. The lowest BCUT2D eigenvalue weighted by atomic mass is 9.96. The van der Waals surface area contributed by atoms with Gasteiger partial charge in [0.05, 0.1) is 12.7 Å². The molecular formula is C13H18N2O5. The molecule has 0 bridgehead atoms. The Morgan fingerprint density at radius 1 is 1.50 bits per heavy atom. The Hall–Kier alpha value is -1.44. The van der Waals surface area contributed by atoms with Crippen LogP contribution in [0.5, 0.6) is 0 Å². The highest BCUT2D eigenvalue weighted by Crippen LogP contribution is 2.62. The molecule has 2 fully saturated rings. The molecule has 0 radical (unpaired) electrons. The van der Waals surface area contributed by atoms with Gasteiger partial charge in [0, 0.05) is 17.2 Å². The second-order valence-corrected chi connectivity index (χ2v) is 5.56. The van der Waals surface area contributed by atoms with Gasteiger partial charge in [-0.1, -0.05) is 6.92 Å². The lowest BCUT2D eigenvalue weighted by molar-refractivity contribution is -0.0492. The fourth-order valence-corrected chi connectivity index (χ4v) is 3.02. The summed E-state index contributed by atoms with van der Waals surface area (Å²) in [5, 5.41) is 19.5. The number of aryl methyl sites for hydroxylation is 1. The van der Waals surface area contributed by atoms with Gasteiger partial charge in [0.2, 0.25) is 0 Å². The highest BCUT2D eigenvalue weighted by molar-refractivity contribution is 5.12. The Morgan fingerprint density at radius 3 is 2.75 bits per heavy atom. The maximum absolute atomic E-state index is 12.0. The summed E-state index contributed by atoms with van der Waals surface area (Å²) in [4.78, 5) is 25.9. The zero-order valence-corrected chi connectivity index (χ0v) is 11.2. The van der Waals surface area contributed by atoms with E-state index in [4.69, 9.17) is 4.74 Å². The Balaban J connectivity index is 2.06. The van der Waals surface area contributed by atoms with E-state index in [-0.39, 0.29) is 6.61 Å². The number of ether oxygens (including phenoxy) is 1. The molecule has 3 atom stereocenters. The number of nitrogens with zero attached hydrogens (tertiary/aromatic N) is 1. The van der Waals surface area contributed by atoms with Crippen molar-refractivity contribution in [1.82, 2.24) is 9.55 Å². The van der Waals surface area contributed by atoms with Crippen molar-refractivity contribution in [2.45, 2.75) is 44.6 Å². The van der Waals surface area contributed by atoms with Crippen molar-refractivity contribution in [1.29, 1.82) is 0 Å². The smallest absolute Gasteiger partial charge is 0.330 e. The van der Waals surface area contributed by atoms with E-state index in [1.165, 1.54) is 10.8 Å². The van der Waals surface area contributed by atoms with Crippen LogP contribution in [0.4, 0.5) is 0 Å². The molecule has 3 N–H and O–H groups in total. The summed E-state index contributed by atoms with van der Waals surface area (Å²) in [6, 6.07) is 0. The molecular weight excluding hydrogens is 264 g/mol. The van der Waals surface area contributed by atoms with Crippen LogP contribution < -0.4 is 11.2 Å². The van der Waals surface area contributed by atoms with Gasteiger partial charge in [-0.05, 0) is 19.3 Å². The molecule has 2 heterocycles. The van der Waals surface area contributed by atoms with E-state index in [1.54, 1.807) is 0 Å². The summed E-state index contributed by atoms with van der Waals surface area (Å²) in [6.07, 6.45) is 1.36. The van der Waals surface area contributed by atoms with E-state index in [9.17, 15) is 19.8 Å². The van der Waals surface area contributed by atoms with E-state index >= 15 is 0 Å². The summed E-state index contributed by atoms with van der Waals surface area (Å²) in [7, 11) is 0. The van der Waals surface area contributed by atoms with Crippen LogP contribution >= 0.6 is 0 Å². The number of aromatic nitrogens is 2. The van der Waals surface area contributed by atoms with Crippen LogP contribution in [0, 0.1) is 5.41 Å². The molecule has 110 valence electrons. The third-order valence-electron chi connectivity index (χ3n) is 4.42. The standard InChI is InChI=1S/C13H18N2O5/c1-2-7-5-15(12(19)14-10(7)18)11-13(3-4-13)9(17)8(6-16)20-11/h5,8-9,11,16-17H,2-4,6H2,1H3,(H,14,18,19). The Bertz CT molecular complexity index is 630. The quantitative estimate of drug-likeness (QED) is 0.668. The van der Waals surface area contributed by atoms with E-state index in [1.807, 2.05) is 6.92 Å². The topological polar surface area (TPSA) is 105 Å². The first-order chi connectivity index (χ1) is 9.53. The summed E-state index contributed by atoms with van der Waals surface area (Å²) in [5.41, 5.74) is -0.962. The maximum Gasteiger partial charge on any atom is 0.330 e. The Labute approximate surface area is 114 Å². The molecule has 7 heteroatoms. The van der Waals surface area contributed by atoms with Gasteiger partial charge < -0.3 is 14.9 Å². The molecule has 2 aliphatic rings. The van der Waals surface area contributed by atoms with Crippen LogP contribution in [0.2, 0.25) is 0 Å². The molecule has 1 aromatic rings. The van der Waals surface area contributed by atoms with Crippen LogP contribution in [0.3, 0.4) is 0 Å². The first-order valence-electron chi connectivity index (χ1n) is 6.82. The Morgan fingerprint density at radius 2 is 2.20 bits per heavy atom. The third-order valence-corrected chi connectivity index (χ3v) is 4.42. The van der Waals surface area contributed by atoms with Gasteiger partial charge in [0.25, 0.3) is 5.56 Å². The predicted octanol–water partition coefficient (Wildman–Crippen LogP) is -0.870. The summed E-state index contributed by atoms with van der Waals surface area (Å²) in [5.74, 6) is 0. The minimum Gasteiger partial charge on any atom is -0.394 e. The van der Waals surface area contributed by atoms with Crippen LogP contribution in [-0.2, 0) is 11.2 Å².